The number of carbonyl (C=O) groups excluding carboxylic acids is 2. The Hall–Kier alpha value is -3.11. The van der Waals surface area contributed by atoms with E-state index in [2.05, 4.69) is 10.6 Å². The number of amides is 2. The quantitative estimate of drug-likeness (QED) is 0.707. The summed E-state index contributed by atoms with van der Waals surface area (Å²) in [5.41, 5.74) is 2.35. The first kappa shape index (κ1) is 16.7. The molecule has 0 fully saturated rings. The number of anilines is 2. The highest BCUT2D eigenvalue weighted by Gasteiger charge is 2.08. The standard InChI is InChI=1S/C20H15ClN2O2/c21-16-8-12-18(13-9-16)23-20(25)15-6-10-17(11-7-15)22-19(24)14-4-2-1-3-5-14/h1-13H,(H,22,24)(H,23,25). The van der Waals surface area contributed by atoms with Gasteiger partial charge in [0, 0.05) is 27.5 Å². The fraction of sp³-hybridized carbons (Fsp3) is 0. The van der Waals surface area contributed by atoms with Gasteiger partial charge in [0.1, 0.15) is 0 Å². The van der Waals surface area contributed by atoms with Gasteiger partial charge >= 0.3 is 0 Å². The lowest BCUT2D eigenvalue weighted by Gasteiger charge is -2.08. The normalized spacial score (nSPS) is 10.1. The maximum absolute atomic E-state index is 12.2. The third-order valence-electron chi connectivity index (χ3n) is 3.54. The minimum atomic E-state index is -0.233. The Morgan fingerprint density at radius 3 is 1.56 bits per heavy atom. The molecule has 0 heterocycles. The number of benzene rings is 3. The van der Waals surface area contributed by atoms with E-state index in [9.17, 15) is 9.59 Å². The van der Waals surface area contributed by atoms with Gasteiger partial charge in [-0.2, -0.15) is 0 Å². The van der Waals surface area contributed by atoms with Crippen LogP contribution in [0.25, 0.3) is 0 Å². The fourth-order valence-electron chi connectivity index (χ4n) is 2.23. The molecule has 3 aromatic carbocycles. The van der Waals surface area contributed by atoms with Crippen molar-refractivity contribution < 1.29 is 9.59 Å². The van der Waals surface area contributed by atoms with E-state index in [1.54, 1.807) is 72.8 Å². The van der Waals surface area contributed by atoms with Crippen molar-refractivity contribution in [2.45, 2.75) is 0 Å². The Morgan fingerprint density at radius 2 is 1.04 bits per heavy atom. The van der Waals surface area contributed by atoms with Gasteiger partial charge in [-0.1, -0.05) is 29.8 Å². The molecule has 0 saturated heterocycles. The monoisotopic (exact) mass is 350 g/mol. The molecule has 4 nitrogen and oxygen atoms in total. The summed E-state index contributed by atoms with van der Waals surface area (Å²) < 4.78 is 0. The Kier molecular flexibility index (Phi) is 5.11. The number of rotatable bonds is 4. The van der Waals surface area contributed by atoms with Crippen LogP contribution >= 0.6 is 11.6 Å². The zero-order valence-corrected chi connectivity index (χ0v) is 14.0. The summed E-state index contributed by atoms with van der Waals surface area (Å²) >= 11 is 5.82. The van der Waals surface area contributed by atoms with Crippen molar-refractivity contribution in [3.63, 3.8) is 0 Å². The molecule has 0 unspecified atom stereocenters. The van der Waals surface area contributed by atoms with Crippen molar-refractivity contribution in [3.05, 3.63) is 95.0 Å². The fourth-order valence-corrected chi connectivity index (χ4v) is 2.36. The van der Waals surface area contributed by atoms with Crippen molar-refractivity contribution in [3.8, 4) is 0 Å². The van der Waals surface area contributed by atoms with E-state index in [0.717, 1.165) is 0 Å². The molecule has 0 atom stereocenters. The Labute approximate surface area is 150 Å². The molecule has 0 radical (unpaired) electrons. The number of hydrogen-bond donors (Lipinski definition) is 2. The molecule has 5 heteroatoms. The molecule has 0 spiro atoms. The Bertz CT molecular complexity index is 876. The lowest BCUT2D eigenvalue weighted by Crippen LogP contribution is -2.13. The van der Waals surface area contributed by atoms with Crippen LogP contribution in [-0.4, -0.2) is 11.8 Å². The van der Waals surface area contributed by atoms with Crippen LogP contribution in [0.15, 0.2) is 78.9 Å². The Morgan fingerprint density at radius 1 is 0.600 bits per heavy atom. The predicted octanol–water partition coefficient (Wildman–Crippen LogP) is 4.84. The number of halogens is 1. The summed E-state index contributed by atoms with van der Waals surface area (Å²) in [6.07, 6.45) is 0. The van der Waals surface area contributed by atoms with Crippen LogP contribution in [0.1, 0.15) is 20.7 Å². The summed E-state index contributed by atoms with van der Waals surface area (Å²) in [4.78, 5) is 24.3. The smallest absolute Gasteiger partial charge is 0.255 e. The molecule has 3 aromatic rings. The maximum atomic E-state index is 12.2. The SMILES string of the molecule is O=C(Nc1ccc(C(=O)Nc2ccc(Cl)cc2)cc1)c1ccccc1. The second kappa shape index (κ2) is 7.64. The van der Waals surface area contributed by atoms with Crippen LogP contribution < -0.4 is 10.6 Å². The number of hydrogen-bond acceptors (Lipinski definition) is 2. The third-order valence-corrected chi connectivity index (χ3v) is 3.80. The minimum Gasteiger partial charge on any atom is -0.322 e. The van der Waals surface area contributed by atoms with E-state index in [4.69, 9.17) is 11.6 Å². The summed E-state index contributed by atoms with van der Waals surface area (Å²) in [5.74, 6) is -0.428. The highest BCUT2D eigenvalue weighted by atomic mass is 35.5. The topological polar surface area (TPSA) is 58.2 Å². The molecule has 2 N–H and O–H groups in total. The van der Waals surface area contributed by atoms with Gasteiger partial charge in [-0.25, -0.2) is 0 Å². The van der Waals surface area contributed by atoms with Crippen molar-refractivity contribution in [2.24, 2.45) is 0 Å². The van der Waals surface area contributed by atoms with Gasteiger partial charge in [-0.3, -0.25) is 9.59 Å². The summed E-state index contributed by atoms with van der Waals surface area (Å²) in [7, 11) is 0. The van der Waals surface area contributed by atoms with Crippen molar-refractivity contribution in [2.75, 3.05) is 10.6 Å². The largest absolute Gasteiger partial charge is 0.322 e. The van der Waals surface area contributed by atoms with E-state index in [-0.39, 0.29) is 11.8 Å². The second-order valence-electron chi connectivity index (χ2n) is 5.36. The lowest BCUT2D eigenvalue weighted by atomic mass is 10.1. The van der Waals surface area contributed by atoms with Gasteiger partial charge in [-0.15, -0.1) is 0 Å². The lowest BCUT2D eigenvalue weighted by molar-refractivity contribution is 0.102. The first-order valence-electron chi connectivity index (χ1n) is 7.65. The molecule has 124 valence electrons. The zero-order chi connectivity index (χ0) is 17.6. The first-order valence-corrected chi connectivity index (χ1v) is 8.03. The molecule has 0 aliphatic rings. The van der Waals surface area contributed by atoms with E-state index in [1.807, 2.05) is 6.07 Å². The minimum absolute atomic E-state index is 0.195. The molecular weight excluding hydrogens is 336 g/mol. The van der Waals surface area contributed by atoms with Crippen LogP contribution in [0.5, 0.6) is 0 Å². The summed E-state index contributed by atoms with van der Waals surface area (Å²) in [6, 6.07) is 22.5. The average Bonchev–Trinajstić information content (AvgIpc) is 2.65. The van der Waals surface area contributed by atoms with Crippen molar-refractivity contribution in [1.82, 2.24) is 0 Å². The molecule has 0 aromatic heterocycles. The number of carbonyl (C=O) groups is 2. The zero-order valence-electron chi connectivity index (χ0n) is 13.2. The second-order valence-corrected chi connectivity index (χ2v) is 5.79. The van der Waals surface area contributed by atoms with Gasteiger partial charge in [0.05, 0.1) is 0 Å². The summed E-state index contributed by atoms with van der Waals surface area (Å²) in [6.45, 7) is 0. The highest BCUT2D eigenvalue weighted by molar-refractivity contribution is 6.30. The van der Waals surface area contributed by atoms with Crippen LogP contribution in [-0.2, 0) is 0 Å². The van der Waals surface area contributed by atoms with Crippen LogP contribution in [0, 0.1) is 0 Å². The van der Waals surface area contributed by atoms with E-state index in [1.165, 1.54) is 0 Å². The van der Waals surface area contributed by atoms with E-state index >= 15 is 0 Å². The highest BCUT2D eigenvalue weighted by Crippen LogP contribution is 2.16. The molecule has 25 heavy (non-hydrogen) atoms. The van der Waals surface area contributed by atoms with Gasteiger partial charge in [0.2, 0.25) is 0 Å². The molecule has 0 saturated carbocycles. The predicted molar refractivity (Wildman–Crippen MR) is 100 cm³/mol. The van der Waals surface area contributed by atoms with Gasteiger partial charge in [-0.05, 0) is 60.7 Å². The molecule has 0 aliphatic carbocycles. The molecule has 2 amide bonds. The molecule has 0 bridgehead atoms. The van der Waals surface area contributed by atoms with Gasteiger partial charge in [0.25, 0.3) is 11.8 Å². The van der Waals surface area contributed by atoms with Crippen molar-refractivity contribution in [1.29, 1.82) is 0 Å². The van der Waals surface area contributed by atoms with Crippen molar-refractivity contribution >= 4 is 34.8 Å². The molecular formula is C20H15ClN2O2. The van der Waals surface area contributed by atoms with Crippen LogP contribution in [0.4, 0.5) is 11.4 Å². The van der Waals surface area contributed by atoms with Gasteiger partial charge < -0.3 is 10.6 Å². The first-order chi connectivity index (χ1) is 12.1. The van der Waals surface area contributed by atoms with Gasteiger partial charge in [0.15, 0.2) is 0 Å². The number of nitrogens with one attached hydrogen (secondary N) is 2. The van der Waals surface area contributed by atoms with Crippen LogP contribution in [0.3, 0.4) is 0 Å². The summed E-state index contributed by atoms with van der Waals surface area (Å²) in [5, 5.41) is 6.19. The maximum Gasteiger partial charge on any atom is 0.255 e. The third kappa shape index (κ3) is 4.46. The average molecular weight is 351 g/mol. The van der Waals surface area contributed by atoms with E-state index < -0.39 is 0 Å². The Balaban J connectivity index is 1.64. The molecule has 3 rings (SSSR count). The van der Waals surface area contributed by atoms with Crippen LogP contribution in [0.2, 0.25) is 5.02 Å². The molecule has 0 aliphatic heterocycles. The van der Waals surface area contributed by atoms with E-state index in [0.29, 0.717) is 27.5 Å².